The number of methoxy groups -OCH3 is 2. The van der Waals surface area contributed by atoms with Gasteiger partial charge in [-0.25, -0.2) is 4.98 Å². The second-order valence-electron chi connectivity index (χ2n) is 5.32. The van der Waals surface area contributed by atoms with Crippen molar-refractivity contribution in [2.24, 2.45) is 0 Å². The molecule has 1 aliphatic carbocycles. The number of nitrogens with zero attached hydrogens (tertiary/aromatic N) is 2. The van der Waals surface area contributed by atoms with Crippen molar-refractivity contribution in [2.75, 3.05) is 14.2 Å². The summed E-state index contributed by atoms with van der Waals surface area (Å²) in [5.74, 6) is 1.73. The molecule has 3 aromatic rings. The van der Waals surface area contributed by atoms with Gasteiger partial charge in [-0.3, -0.25) is 0 Å². The van der Waals surface area contributed by atoms with Crippen LogP contribution in [0.1, 0.15) is 17.2 Å². The average Bonchev–Trinajstić information content (AvgIpc) is 3.18. The Kier molecular flexibility index (Phi) is 2.89. The maximum absolute atomic E-state index is 5.40. The standard InChI is InChI=1S/C18H16N2O2/c1-21-12-3-5-14-15-6-4-13(22-2)10-17(15)18(16(14)9-12)20-8-7-19-11-20/h3-11,18H,1-2H3. The van der Waals surface area contributed by atoms with Gasteiger partial charge in [-0.05, 0) is 46.5 Å². The van der Waals surface area contributed by atoms with Crippen LogP contribution in [-0.2, 0) is 0 Å². The lowest BCUT2D eigenvalue weighted by molar-refractivity contribution is 0.413. The van der Waals surface area contributed by atoms with Crippen molar-refractivity contribution in [3.8, 4) is 22.6 Å². The smallest absolute Gasteiger partial charge is 0.119 e. The van der Waals surface area contributed by atoms with E-state index in [4.69, 9.17) is 9.47 Å². The highest BCUT2D eigenvalue weighted by molar-refractivity contribution is 5.80. The van der Waals surface area contributed by atoms with Gasteiger partial charge in [0.05, 0.1) is 26.6 Å². The second-order valence-corrected chi connectivity index (χ2v) is 5.32. The fraction of sp³-hybridized carbons (Fsp3) is 0.167. The van der Waals surface area contributed by atoms with Gasteiger partial charge >= 0.3 is 0 Å². The van der Waals surface area contributed by atoms with Gasteiger partial charge in [0, 0.05) is 12.4 Å². The van der Waals surface area contributed by atoms with Crippen molar-refractivity contribution >= 4 is 0 Å². The Morgan fingerprint density at radius 2 is 1.50 bits per heavy atom. The maximum Gasteiger partial charge on any atom is 0.119 e. The number of hydrogen-bond donors (Lipinski definition) is 0. The van der Waals surface area contributed by atoms with Gasteiger partial charge in [0.1, 0.15) is 11.5 Å². The second kappa shape index (κ2) is 4.91. The molecule has 1 aromatic heterocycles. The van der Waals surface area contributed by atoms with E-state index in [1.165, 1.54) is 22.3 Å². The Morgan fingerprint density at radius 1 is 0.909 bits per heavy atom. The van der Waals surface area contributed by atoms with E-state index < -0.39 is 0 Å². The minimum Gasteiger partial charge on any atom is -0.497 e. The summed E-state index contributed by atoms with van der Waals surface area (Å²) in [6.45, 7) is 0. The SMILES string of the molecule is COc1ccc2c(c1)C(n1ccnc1)c1cc(OC)ccc1-2. The maximum atomic E-state index is 5.40. The molecule has 4 heteroatoms. The van der Waals surface area contributed by atoms with Gasteiger partial charge in [-0.2, -0.15) is 0 Å². The third-order valence-corrected chi connectivity index (χ3v) is 4.22. The van der Waals surface area contributed by atoms with E-state index in [1.807, 2.05) is 24.7 Å². The van der Waals surface area contributed by atoms with E-state index in [-0.39, 0.29) is 6.04 Å². The summed E-state index contributed by atoms with van der Waals surface area (Å²) in [7, 11) is 3.39. The first-order valence-electron chi connectivity index (χ1n) is 7.15. The first kappa shape index (κ1) is 13.0. The Labute approximate surface area is 129 Å². The zero-order valence-corrected chi connectivity index (χ0v) is 12.5. The molecule has 4 rings (SSSR count). The molecule has 1 heterocycles. The van der Waals surface area contributed by atoms with Gasteiger partial charge in [0.2, 0.25) is 0 Å². The molecule has 22 heavy (non-hydrogen) atoms. The molecule has 1 aliphatic rings. The lowest BCUT2D eigenvalue weighted by atomic mass is 10.0. The first-order chi connectivity index (χ1) is 10.8. The molecule has 0 unspecified atom stereocenters. The topological polar surface area (TPSA) is 36.3 Å². The summed E-state index contributed by atoms with van der Waals surface area (Å²) in [5.41, 5.74) is 4.91. The normalized spacial score (nSPS) is 12.8. The highest BCUT2D eigenvalue weighted by Crippen LogP contribution is 2.47. The molecule has 0 spiro atoms. The van der Waals surface area contributed by atoms with Gasteiger partial charge in [-0.15, -0.1) is 0 Å². The van der Waals surface area contributed by atoms with Crippen molar-refractivity contribution in [3.05, 3.63) is 66.2 Å². The van der Waals surface area contributed by atoms with Crippen LogP contribution in [0.5, 0.6) is 11.5 Å². The molecule has 2 aromatic carbocycles. The predicted molar refractivity (Wildman–Crippen MR) is 84.5 cm³/mol. The highest BCUT2D eigenvalue weighted by atomic mass is 16.5. The largest absolute Gasteiger partial charge is 0.497 e. The quantitative estimate of drug-likeness (QED) is 0.579. The molecule has 0 N–H and O–H groups in total. The summed E-state index contributed by atoms with van der Waals surface area (Å²) >= 11 is 0. The molecule has 0 amide bonds. The Hall–Kier alpha value is -2.75. The minimum absolute atomic E-state index is 0.0951. The molecule has 0 saturated carbocycles. The third-order valence-electron chi connectivity index (χ3n) is 4.22. The Bertz CT molecular complexity index is 772. The third kappa shape index (κ3) is 1.80. The zero-order valence-electron chi connectivity index (χ0n) is 12.5. The summed E-state index contributed by atoms with van der Waals surface area (Å²) in [4.78, 5) is 4.20. The average molecular weight is 292 g/mol. The minimum atomic E-state index is 0.0951. The number of ether oxygens (including phenoxy) is 2. The summed E-state index contributed by atoms with van der Waals surface area (Å²) in [6, 6.07) is 12.6. The molecule has 0 radical (unpaired) electrons. The summed E-state index contributed by atoms with van der Waals surface area (Å²) in [5, 5.41) is 0. The van der Waals surface area contributed by atoms with E-state index in [1.54, 1.807) is 20.4 Å². The van der Waals surface area contributed by atoms with Crippen molar-refractivity contribution in [1.29, 1.82) is 0 Å². The van der Waals surface area contributed by atoms with Gasteiger partial charge in [0.25, 0.3) is 0 Å². The summed E-state index contributed by atoms with van der Waals surface area (Å²) in [6.07, 6.45) is 5.64. The van der Waals surface area contributed by atoms with Gasteiger partial charge in [-0.1, -0.05) is 12.1 Å². The molecule has 0 aliphatic heterocycles. The first-order valence-corrected chi connectivity index (χ1v) is 7.15. The van der Waals surface area contributed by atoms with Crippen LogP contribution in [0.4, 0.5) is 0 Å². The van der Waals surface area contributed by atoms with Crippen molar-refractivity contribution in [2.45, 2.75) is 6.04 Å². The Morgan fingerprint density at radius 3 is 1.95 bits per heavy atom. The molecule has 4 nitrogen and oxygen atoms in total. The number of aromatic nitrogens is 2. The van der Waals surface area contributed by atoms with E-state index >= 15 is 0 Å². The molecule has 0 fully saturated rings. The zero-order chi connectivity index (χ0) is 15.1. The van der Waals surface area contributed by atoms with Crippen LogP contribution in [0.15, 0.2) is 55.1 Å². The van der Waals surface area contributed by atoms with Crippen LogP contribution in [0, 0.1) is 0 Å². The summed E-state index contributed by atoms with van der Waals surface area (Å²) < 4.78 is 12.9. The van der Waals surface area contributed by atoms with Gasteiger partial charge < -0.3 is 14.0 Å². The van der Waals surface area contributed by atoms with Crippen molar-refractivity contribution < 1.29 is 9.47 Å². The van der Waals surface area contributed by atoms with Crippen LogP contribution >= 0.6 is 0 Å². The number of benzene rings is 2. The van der Waals surface area contributed by atoms with Crippen molar-refractivity contribution in [1.82, 2.24) is 9.55 Å². The molecule has 0 saturated heterocycles. The molecule has 0 atom stereocenters. The number of rotatable bonds is 3. The van der Waals surface area contributed by atoms with E-state index in [0.717, 1.165) is 11.5 Å². The van der Waals surface area contributed by atoms with Crippen LogP contribution in [0.2, 0.25) is 0 Å². The van der Waals surface area contributed by atoms with Gasteiger partial charge in [0.15, 0.2) is 0 Å². The van der Waals surface area contributed by atoms with E-state index in [2.05, 4.69) is 33.8 Å². The van der Waals surface area contributed by atoms with Crippen LogP contribution in [-0.4, -0.2) is 23.8 Å². The Balaban J connectivity index is 1.97. The van der Waals surface area contributed by atoms with Crippen molar-refractivity contribution in [3.63, 3.8) is 0 Å². The number of fused-ring (bicyclic) bond motifs is 3. The number of imidazole rings is 1. The predicted octanol–water partition coefficient (Wildman–Crippen LogP) is 3.52. The molecular formula is C18H16N2O2. The van der Waals surface area contributed by atoms with Crippen LogP contribution in [0.25, 0.3) is 11.1 Å². The molecular weight excluding hydrogens is 276 g/mol. The lowest BCUT2D eigenvalue weighted by Gasteiger charge is -2.16. The van der Waals surface area contributed by atoms with E-state index in [9.17, 15) is 0 Å². The fourth-order valence-electron chi connectivity index (χ4n) is 3.19. The fourth-order valence-corrected chi connectivity index (χ4v) is 3.19. The van der Waals surface area contributed by atoms with Crippen LogP contribution < -0.4 is 9.47 Å². The monoisotopic (exact) mass is 292 g/mol. The molecule has 0 bridgehead atoms. The van der Waals surface area contributed by atoms with Crippen LogP contribution in [0.3, 0.4) is 0 Å². The molecule has 110 valence electrons. The lowest BCUT2D eigenvalue weighted by Crippen LogP contribution is -2.07. The highest BCUT2D eigenvalue weighted by Gasteiger charge is 2.30. The number of hydrogen-bond acceptors (Lipinski definition) is 3. The van der Waals surface area contributed by atoms with E-state index in [0.29, 0.717) is 0 Å².